The smallest absolute Gasteiger partial charge is 0.416 e. The lowest BCUT2D eigenvalue weighted by Crippen LogP contribution is -2.48. The molecular formula is C14H18ClN3O2. The largest absolute Gasteiger partial charge is 0.443 e. The number of pyridine rings is 1. The van der Waals surface area contributed by atoms with Crippen LogP contribution in [0.4, 0.5) is 16.3 Å². The van der Waals surface area contributed by atoms with Crippen molar-refractivity contribution in [2.45, 2.75) is 38.8 Å². The first-order chi connectivity index (χ1) is 9.35. The predicted octanol–water partition coefficient (Wildman–Crippen LogP) is 3.07. The van der Waals surface area contributed by atoms with E-state index in [0.29, 0.717) is 11.0 Å². The van der Waals surface area contributed by atoms with E-state index >= 15 is 0 Å². The average Bonchev–Trinajstić information content (AvgIpc) is 2.71. The van der Waals surface area contributed by atoms with E-state index in [1.165, 1.54) is 0 Å². The lowest BCUT2D eigenvalue weighted by Gasteiger charge is -2.36. The van der Waals surface area contributed by atoms with Crippen LogP contribution in [-0.4, -0.2) is 35.8 Å². The number of carbonyl (C=O) groups is 1. The van der Waals surface area contributed by atoms with E-state index in [9.17, 15) is 4.79 Å². The van der Waals surface area contributed by atoms with Crippen LogP contribution >= 0.6 is 11.6 Å². The fourth-order valence-corrected chi connectivity index (χ4v) is 2.88. The second-order valence-corrected chi connectivity index (χ2v) is 6.60. The molecule has 2 bridgehead atoms. The van der Waals surface area contributed by atoms with Crippen LogP contribution in [0.5, 0.6) is 0 Å². The van der Waals surface area contributed by atoms with Gasteiger partial charge in [-0.3, -0.25) is 4.90 Å². The van der Waals surface area contributed by atoms with Gasteiger partial charge < -0.3 is 9.64 Å². The molecule has 2 aliphatic rings. The number of amides is 1. The molecule has 2 aliphatic heterocycles. The van der Waals surface area contributed by atoms with Gasteiger partial charge in [0.2, 0.25) is 0 Å². The second kappa shape index (κ2) is 4.52. The molecular weight excluding hydrogens is 278 g/mol. The quantitative estimate of drug-likeness (QED) is 0.690. The zero-order chi connectivity index (χ0) is 14.5. The van der Waals surface area contributed by atoms with Crippen molar-refractivity contribution in [1.29, 1.82) is 0 Å². The molecule has 3 rings (SSSR count). The maximum atomic E-state index is 12.5. The summed E-state index contributed by atoms with van der Waals surface area (Å²) < 4.78 is 5.51. The minimum atomic E-state index is -0.522. The van der Waals surface area contributed by atoms with Gasteiger partial charge in [-0.2, -0.15) is 0 Å². The van der Waals surface area contributed by atoms with Crippen LogP contribution in [0.25, 0.3) is 0 Å². The number of aromatic nitrogens is 1. The minimum absolute atomic E-state index is 0.114. The molecule has 1 atom stereocenters. The van der Waals surface area contributed by atoms with Crippen LogP contribution in [-0.2, 0) is 4.74 Å². The van der Waals surface area contributed by atoms with Crippen molar-refractivity contribution >= 4 is 29.2 Å². The first kappa shape index (κ1) is 13.5. The van der Waals surface area contributed by atoms with Crippen molar-refractivity contribution in [2.24, 2.45) is 0 Å². The van der Waals surface area contributed by atoms with Crippen molar-refractivity contribution in [1.82, 2.24) is 4.98 Å². The highest BCUT2D eigenvalue weighted by Crippen LogP contribution is 2.39. The zero-order valence-electron chi connectivity index (χ0n) is 11.9. The number of carbonyl (C=O) groups excluding carboxylic acids is 1. The summed E-state index contributed by atoms with van der Waals surface area (Å²) >= 11 is 5.99. The molecule has 5 nitrogen and oxygen atoms in total. The number of hydrogen-bond acceptors (Lipinski definition) is 4. The first-order valence-corrected chi connectivity index (χ1v) is 7.17. The van der Waals surface area contributed by atoms with E-state index in [4.69, 9.17) is 16.3 Å². The molecule has 108 valence electrons. The number of ether oxygens (including phenoxy) is 1. The van der Waals surface area contributed by atoms with E-state index in [1.807, 2.05) is 26.8 Å². The average molecular weight is 296 g/mol. The molecule has 0 spiro atoms. The van der Waals surface area contributed by atoms with Gasteiger partial charge in [-0.25, -0.2) is 9.78 Å². The van der Waals surface area contributed by atoms with Crippen molar-refractivity contribution in [3.63, 3.8) is 0 Å². The Balaban J connectivity index is 1.99. The topological polar surface area (TPSA) is 45.7 Å². The van der Waals surface area contributed by atoms with E-state index < -0.39 is 5.60 Å². The molecule has 1 saturated heterocycles. The zero-order valence-corrected chi connectivity index (χ0v) is 12.6. The maximum Gasteiger partial charge on any atom is 0.416 e. The Kier molecular flexibility index (Phi) is 3.05. The Labute approximate surface area is 123 Å². The Morgan fingerprint density at radius 3 is 2.90 bits per heavy atom. The molecule has 20 heavy (non-hydrogen) atoms. The highest BCUT2D eigenvalue weighted by molar-refractivity contribution is 6.29. The molecule has 1 aromatic heterocycles. The summed E-state index contributed by atoms with van der Waals surface area (Å²) in [5.41, 5.74) is 0.431. The summed E-state index contributed by atoms with van der Waals surface area (Å²) in [6.07, 6.45) is 0.577. The highest BCUT2D eigenvalue weighted by atomic mass is 35.5. The predicted molar refractivity (Wildman–Crippen MR) is 78.6 cm³/mol. The summed E-state index contributed by atoms with van der Waals surface area (Å²) in [5, 5.41) is 0.389. The number of rotatable bonds is 0. The van der Waals surface area contributed by atoms with Gasteiger partial charge in [0.15, 0.2) is 5.82 Å². The molecule has 0 radical (unpaired) electrons. The minimum Gasteiger partial charge on any atom is -0.443 e. The van der Waals surface area contributed by atoms with Gasteiger partial charge in [0.1, 0.15) is 10.8 Å². The van der Waals surface area contributed by atoms with E-state index in [-0.39, 0.29) is 12.1 Å². The molecule has 0 aliphatic carbocycles. The maximum absolute atomic E-state index is 12.5. The van der Waals surface area contributed by atoms with Crippen LogP contribution < -0.4 is 9.80 Å². The number of halogens is 1. The molecule has 0 saturated carbocycles. The fraction of sp³-hybridized carbons (Fsp3) is 0.571. The Morgan fingerprint density at radius 1 is 1.45 bits per heavy atom. The third-order valence-corrected chi connectivity index (χ3v) is 3.72. The van der Waals surface area contributed by atoms with Gasteiger partial charge in [-0.15, -0.1) is 0 Å². The second-order valence-electron chi connectivity index (χ2n) is 6.22. The lowest BCUT2D eigenvalue weighted by atomic mass is 10.2. The number of hydrogen-bond donors (Lipinski definition) is 0. The van der Waals surface area contributed by atoms with E-state index in [0.717, 1.165) is 25.2 Å². The van der Waals surface area contributed by atoms with Crippen LogP contribution in [0.3, 0.4) is 0 Å². The standard InChI is InChI=1S/C14H18ClN3O2/c1-14(2,3)20-13(19)18-9-6-7-17(8-9)10-4-5-11(15)16-12(10)18/h4-5,9H,6-8H2,1-3H3/t9-/m0/s1. The van der Waals surface area contributed by atoms with Gasteiger partial charge in [0, 0.05) is 13.1 Å². The van der Waals surface area contributed by atoms with Crippen molar-refractivity contribution in [2.75, 3.05) is 22.9 Å². The van der Waals surface area contributed by atoms with Crippen molar-refractivity contribution in [3.05, 3.63) is 17.3 Å². The molecule has 3 heterocycles. The summed E-state index contributed by atoms with van der Waals surface area (Å²) in [5.74, 6) is 0.612. The molecule has 1 amide bonds. The van der Waals surface area contributed by atoms with E-state index in [1.54, 1.807) is 11.0 Å². The third-order valence-electron chi connectivity index (χ3n) is 3.51. The fourth-order valence-electron chi connectivity index (χ4n) is 2.73. The Morgan fingerprint density at radius 2 is 2.20 bits per heavy atom. The Bertz CT molecular complexity index is 556. The molecule has 1 aromatic rings. The van der Waals surface area contributed by atoms with Crippen molar-refractivity contribution in [3.8, 4) is 0 Å². The Hall–Kier alpha value is -1.49. The van der Waals surface area contributed by atoms with Gasteiger partial charge in [-0.05, 0) is 39.3 Å². The van der Waals surface area contributed by atoms with E-state index in [2.05, 4.69) is 9.88 Å². The van der Waals surface area contributed by atoms with Crippen LogP contribution in [0.1, 0.15) is 27.2 Å². The molecule has 0 aromatic carbocycles. The van der Waals surface area contributed by atoms with Gasteiger partial charge in [0.25, 0.3) is 0 Å². The number of fused-ring (bicyclic) bond motifs is 4. The monoisotopic (exact) mass is 295 g/mol. The molecule has 0 N–H and O–H groups in total. The normalized spacial score (nSPS) is 20.9. The summed E-state index contributed by atoms with van der Waals surface area (Å²) in [7, 11) is 0. The van der Waals surface area contributed by atoms with Crippen LogP contribution in [0.15, 0.2) is 12.1 Å². The van der Waals surface area contributed by atoms with Crippen molar-refractivity contribution < 1.29 is 9.53 Å². The molecule has 6 heteroatoms. The highest BCUT2D eigenvalue weighted by Gasteiger charge is 2.41. The molecule has 1 fully saturated rings. The third kappa shape index (κ3) is 2.30. The SMILES string of the molecule is CC(C)(C)OC(=O)N1c2nc(Cl)ccc2N2CC[C@H]1C2. The number of anilines is 2. The number of nitrogens with zero attached hydrogens (tertiary/aromatic N) is 3. The summed E-state index contributed by atoms with van der Waals surface area (Å²) in [4.78, 5) is 20.7. The van der Waals surface area contributed by atoms with Gasteiger partial charge in [-0.1, -0.05) is 11.6 Å². The molecule has 0 unspecified atom stereocenters. The lowest BCUT2D eigenvalue weighted by molar-refractivity contribution is 0.0566. The van der Waals surface area contributed by atoms with Gasteiger partial charge >= 0.3 is 6.09 Å². The van der Waals surface area contributed by atoms with Gasteiger partial charge in [0.05, 0.1) is 11.7 Å². The van der Waals surface area contributed by atoms with Crippen LogP contribution in [0.2, 0.25) is 5.15 Å². The summed E-state index contributed by atoms with van der Waals surface area (Å²) in [6, 6.07) is 3.79. The first-order valence-electron chi connectivity index (χ1n) is 6.79. The van der Waals surface area contributed by atoms with Crippen LogP contribution in [0, 0.1) is 0 Å². The summed E-state index contributed by atoms with van der Waals surface area (Å²) in [6.45, 7) is 7.35.